The molecule has 2 amide bonds. The van der Waals surface area contributed by atoms with Gasteiger partial charge >= 0.3 is 6.03 Å². The van der Waals surface area contributed by atoms with Crippen LogP contribution in [-0.2, 0) is 0 Å². The fourth-order valence-corrected chi connectivity index (χ4v) is 1.50. The molecule has 2 atom stereocenters. The Balaban J connectivity index is 2.39. The summed E-state index contributed by atoms with van der Waals surface area (Å²) in [4.78, 5) is 11.7. The highest BCUT2D eigenvalue weighted by Crippen LogP contribution is 2.18. The highest BCUT2D eigenvalue weighted by Gasteiger charge is 2.22. The lowest BCUT2D eigenvalue weighted by Gasteiger charge is -2.26. The molecule has 1 aromatic heterocycles. The monoisotopic (exact) mass is 268 g/mol. The van der Waals surface area contributed by atoms with Crippen molar-refractivity contribution < 1.29 is 14.3 Å². The van der Waals surface area contributed by atoms with E-state index in [1.165, 1.54) is 0 Å². The first-order chi connectivity index (χ1) is 8.70. The van der Waals surface area contributed by atoms with Crippen LogP contribution >= 0.6 is 0 Å². The summed E-state index contributed by atoms with van der Waals surface area (Å²) >= 11 is 0. The molecule has 0 saturated heterocycles. The van der Waals surface area contributed by atoms with Crippen LogP contribution in [0.4, 0.5) is 4.79 Å². The van der Waals surface area contributed by atoms with Gasteiger partial charge in [0, 0.05) is 6.54 Å². The number of aryl methyl sites for hydroxylation is 1. The Labute approximate surface area is 114 Å². The zero-order valence-corrected chi connectivity index (χ0v) is 12.3. The second-order valence-electron chi connectivity index (χ2n) is 5.91. The van der Waals surface area contributed by atoms with Crippen LogP contribution < -0.4 is 10.6 Å². The van der Waals surface area contributed by atoms with Crippen LogP contribution in [0.25, 0.3) is 0 Å². The first kappa shape index (κ1) is 15.6. The van der Waals surface area contributed by atoms with Gasteiger partial charge in [0.25, 0.3) is 0 Å². The van der Waals surface area contributed by atoms with E-state index < -0.39 is 6.10 Å². The number of aliphatic hydroxyl groups is 1. The fourth-order valence-electron chi connectivity index (χ4n) is 1.50. The normalized spacial score (nSPS) is 14.8. The minimum absolute atomic E-state index is 0.208. The molecule has 5 heteroatoms. The van der Waals surface area contributed by atoms with Gasteiger partial charge in [0.15, 0.2) is 0 Å². The molecule has 0 aliphatic rings. The quantitative estimate of drug-likeness (QED) is 0.784. The summed E-state index contributed by atoms with van der Waals surface area (Å²) in [6.45, 7) is 9.69. The number of nitrogens with one attached hydrogen (secondary N) is 2. The van der Waals surface area contributed by atoms with Crippen molar-refractivity contribution in [3.05, 3.63) is 23.7 Å². The summed E-state index contributed by atoms with van der Waals surface area (Å²) < 4.78 is 5.43. The number of carbonyl (C=O) groups excluding carboxylic acids is 1. The highest BCUT2D eigenvalue weighted by molar-refractivity contribution is 5.74. The van der Waals surface area contributed by atoms with Crippen molar-refractivity contribution in [3.63, 3.8) is 0 Å². The molecular formula is C14H24N2O3. The Morgan fingerprint density at radius 1 is 1.42 bits per heavy atom. The van der Waals surface area contributed by atoms with E-state index in [0.29, 0.717) is 5.76 Å². The number of furan rings is 1. The third kappa shape index (κ3) is 4.95. The van der Waals surface area contributed by atoms with Crippen molar-refractivity contribution in [2.75, 3.05) is 6.54 Å². The number of rotatable bonds is 4. The van der Waals surface area contributed by atoms with Crippen LogP contribution in [0, 0.1) is 12.3 Å². The number of carbonyl (C=O) groups is 1. The maximum Gasteiger partial charge on any atom is 0.315 e. The average molecular weight is 268 g/mol. The smallest absolute Gasteiger partial charge is 0.315 e. The molecule has 0 aliphatic carbocycles. The van der Waals surface area contributed by atoms with Gasteiger partial charge in [-0.3, -0.25) is 0 Å². The van der Waals surface area contributed by atoms with Crippen LogP contribution in [0.2, 0.25) is 0 Å². The highest BCUT2D eigenvalue weighted by atomic mass is 16.3. The van der Waals surface area contributed by atoms with E-state index in [4.69, 9.17) is 4.42 Å². The second-order valence-corrected chi connectivity index (χ2v) is 5.91. The van der Waals surface area contributed by atoms with Gasteiger partial charge in [0.2, 0.25) is 0 Å². The fraction of sp³-hybridized carbons (Fsp3) is 0.643. The van der Waals surface area contributed by atoms with E-state index in [-0.39, 0.29) is 24.0 Å². The van der Waals surface area contributed by atoms with Gasteiger partial charge in [-0.1, -0.05) is 20.8 Å². The largest absolute Gasteiger partial charge is 0.464 e. The molecule has 0 bridgehead atoms. The van der Waals surface area contributed by atoms with Crippen molar-refractivity contribution in [3.8, 4) is 0 Å². The zero-order valence-electron chi connectivity index (χ0n) is 12.3. The lowest BCUT2D eigenvalue weighted by molar-refractivity contribution is 0.0649. The van der Waals surface area contributed by atoms with Gasteiger partial charge in [-0.05, 0) is 31.4 Å². The van der Waals surface area contributed by atoms with Gasteiger partial charge in [0.1, 0.15) is 11.5 Å². The van der Waals surface area contributed by atoms with E-state index in [1.54, 1.807) is 0 Å². The van der Waals surface area contributed by atoms with Gasteiger partial charge in [-0.15, -0.1) is 0 Å². The van der Waals surface area contributed by atoms with E-state index in [9.17, 15) is 9.90 Å². The van der Waals surface area contributed by atoms with Crippen molar-refractivity contribution >= 4 is 6.03 Å². The van der Waals surface area contributed by atoms with Crippen LogP contribution in [0.3, 0.4) is 0 Å². The number of urea groups is 1. The molecule has 2 unspecified atom stereocenters. The maximum atomic E-state index is 11.7. The molecule has 1 rings (SSSR count). The van der Waals surface area contributed by atoms with Gasteiger partial charge < -0.3 is 20.2 Å². The lowest BCUT2D eigenvalue weighted by Crippen LogP contribution is -2.44. The summed E-state index contributed by atoms with van der Waals surface area (Å²) in [5.41, 5.74) is -0.253. The Morgan fingerprint density at radius 2 is 2.05 bits per heavy atom. The summed E-state index contributed by atoms with van der Waals surface area (Å²) in [6.07, 6.45) is -0.584. The number of aliphatic hydroxyl groups excluding tert-OH is 1. The third-order valence-electron chi connectivity index (χ3n) is 2.99. The molecule has 0 aliphatic heterocycles. The topological polar surface area (TPSA) is 74.5 Å². The molecular weight excluding hydrogens is 244 g/mol. The number of hydrogen-bond donors (Lipinski definition) is 3. The Kier molecular flexibility index (Phi) is 5.00. The zero-order chi connectivity index (χ0) is 14.6. The minimum Gasteiger partial charge on any atom is -0.464 e. The summed E-state index contributed by atoms with van der Waals surface area (Å²) in [6, 6.07) is 3.17. The van der Waals surface area contributed by atoms with Crippen molar-refractivity contribution in [2.24, 2.45) is 5.41 Å². The first-order valence-electron chi connectivity index (χ1n) is 6.49. The summed E-state index contributed by atoms with van der Waals surface area (Å²) in [5.74, 6) is 1.52. The second kappa shape index (κ2) is 6.10. The molecule has 0 aromatic carbocycles. The Hall–Kier alpha value is -1.49. The third-order valence-corrected chi connectivity index (χ3v) is 2.99. The van der Waals surface area contributed by atoms with E-state index in [0.717, 1.165) is 5.76 Å². The predicted octanol–water partition coefficient (Wildman–Crippen LogP) is 2.36. The molecule has 1 heterocycles. The minimum atomic E-state index is -0.584. The van der Waals surface area contributed by atoms with Crippen molar-refractivity contribution in [1.29, 1.82) is 0 Å². The van der Waals surface area contributed by atoms with Gasteiger partial charge in [0.05, 0.1) is 12.1 Å². The average Bonchev–Trinajstić information content (AvgIpc) is 2.71. The number of hydrogen-bond acceptors (Lipinski definition) is 3. The Morgan fingerprint density at radius 3 is 2.53 bits per heavy atom. The summed E-state index contributed by atoms with van der Waals surface area (Å²) in [5, 5.41) is 15.2. The van der Waals surface area contributed by atoms with Crippen LogP contribution in [0.5, 0.6) is 0 Å². The van der Waals surface area contributed by atoms with Crippen molar-refractivity contribution in [2.45, 2.75) is 46.8 Å². The van der Waals surface area contributed by atoms with Crippen molar-refractivity contribution in [1.82, 2.24) is 10.6 Å². The first-order valence-corrected chi connectivity index (χ1v) is 6.49. The van der Waals surface area contributed by atoms with Crippen LogP contribution in [-0.4, -0.2) is 23.8 Å². The summed E-state index contributed by atoms with van der Waals surface area (Å²) in [7, 11) is 0. The molecule has 1 aromatic rings. The maximum absolute atomic E-state index is 11.7. The van der Waals surface area contributed by atoms with Gasteiger partial charge in [-0.2, -0.15) is 0 Å². The molecule has 0 saturated carbocycles. The number of amides is 2. The van der Waals surface area contributed by atoms with E-state index in [2.05, 4.69) is 10.6 Å². The molecule has 108 valence electrons. The lowest BCUT2D eigenvalue weighted by atomic mass is 9.89. The van der Waals surface area contributed by atoms with Gasteiger partial charge in [-0.25, -0.2) is 4.79 Å². The van der Waals surface area contributed by atoms with E-state index >= 15 is 0 Å². The molecule has 0 radical (unpaired) electrons. The van der Waals surface area contributed by atoms with Crippen LogP contribution in [0.1, 0.15) is 45.3 Å². The molecule has 19 heavy (non-hydrogen) atoms. The Bertz CT molecular complexity index is 421. The standard InChI is InChI=1S/C14H24N2O3/c1-9-6-7-11(19-9)10(2)16-13(18)15-8-12(17)14(3,4)5/h6-7,10,12,17H,8H2,1-5H3,(H2,15,16,18). The van der Waals surface area contributed by atoms with E-state index in [1.807, 2.05) is 46.8 Å². The predicted molar refractivity (Wildman–Crippen MR) is 73.9 cm³/mol. The molecule has 0 fully saturated rings. The molecule has 0 spiro atoms. The van der Waals surface area contributed by atoms with Crippen LogP contribution in [0.15, 0.2) is 16.5 Å². The SMILES string of the molecule is Cc1ccc(C(C)NC(=O)NCC(O)C(C)(C)C)o1. The molecule has 3 N–H and O–H groups in total. The molecule has 5 nitrogen and oxygen atoms in total.